The minimum absolute atomic E-state index is 0.0198. The molecule has 1 saturated carbocycles. The Balaban J connectivity index is 1.86. The van der Waals surface area contributed by atoms with Gasteiger partial charge in [-0.05, 0) is 46.7 Å². The monoisotopic (exact) mass is 370 g/mol. The van der Waals surface area contributed by atoms with Crippen molar-refractivity contribution >= 4 is 39.1 Å². The van der Waals surface area contributed by atoms with E-state index < -0.39 is 6.04 Å². The first-order valence-electron chi connectivity index (χ1n) is 7.31. The molecule has 1 aliphatic carbocycles. The summed E-state index contributed by atoms with van der Waals surface area (Å²) in [6.45, 7) is 4.48. The van der Waals surface area contributed by atoms with Gasteiger partial charge < -0.3 is 10.2 Å². The van der Waals surface area contributed by atoms with E-state index >= 15 is 0 Å². The zero-order chi connectivity index (χ0) is 15.1. The summed E-state index contributed by atoms with van der Waals surface area (Å²) in [4.78, 5) is 28.1. The summed E-state index contributed by atoms with van der Waals surface area (Å²) in [5.74, 6) is 0.530. The van der Waals surface area contributed by atoms with Gasteiger partial charge in [0.2, 0.25) is 11.8 Å². The topological polar surface area (TPSA) is 49.4 Å². The van der Waals surface area contributed by atoms with Crippen LogP contribution >= 0.6 is 27.3 Å². The molecular formula is C15H19BrN2O2S. The van der Waals surface area contributed by atoms with Crippen LogP contribution in [0.3, 0.4) is 0 Å². The molecule has 0 bridgehead atoms. The highest BCUT2D eigenvalue weighted by atomic mass is 79.9. The SMILES string of the molecule is CC(C)C1NC(=O)C(C2CC2)N(Cc2cc(Br)cs2)C1=O. The number of hydrogen-bond donors (Lipinski definition) is 1. The Hall–Kier alpha value is -0.880. The molecular weight excluding hydrogens is 352 g/mol. The molecule has 4 nitrogen and oxygen atoms in total. The molecule has 21 heavy (non-hydrogen) atoms. The Kier molecular flexibility index (Phi) is 4.10. The van der Waals surface area contributed by atoms with Gasteiger partial charge in [0.1, 0.15) is 12.1 Å². The van der Waals surface area contributed by atoms with Crippen LogP contribution in [-0.2, 0) is 16.1 Å². The predicted octanol–water partition coefficient (Wildman–Crippen LogP) is 2.77. The van der Waals surface area contributed by atoms with Crippen molar-refractivity contribution in [2.45, 2.75) is 45.3 Å². The van der Waals surface area contributed by atoms with Crippen molar-refractivity contribution in [3.05, 3.63) is 20.8 Å². The number of amides is 2. The molecule has 1 aromatic heterocycles. The van der Waals surface area contributed by atoms with Gasteiger partial charge in [-0.15, -0.1) is 11.3 Å². The number of nitrogens with one attached hydrogen (secondary N) is 1. The molecule has 2 fully saturated rings. The Morgan fingerprint density at radius 2 is 2.14 bits per heavy atom. The third kappa shape index (κ3) is 3.01. The van der Waals surface area contributed by atoms with Gasteiger partial charge in [0, 0.05) is 14.7 Å². The summed E-state index contributed by atoms with van der Waals surface area (Å²) < 4.78 is 1.03. The number of nitrogens with zero attached hydrogens (tertiary/aromatic N) is 1. The first kappa shape index (κ1) is 15.0. The molecule has 114 valence electrons. The van der Waals surface area contributed by atoms with E-state index in [2.05, 4.69) is 21.2 Å². The third-order valence-electron chi connectivity index (χ3n) is 4.13. The van der Waals surface area contributed by atoms with Crippen molar-refractivity contribution in [2.24, 2.45) is 11.8 Å². The van der Waals surface area contributed by atoms with Crippen LogP contribution < -0.4 is 5.32 Å². The van der Waals surface area contributed by atoms with Gasteiger partial charge in [-0.1, -0.05) is 13.8 Å². The lowest BCUT2D eigenvalue weighted by Gasteiger charge is -2.40. The van der Waals surface area contributed by atoms with E-state index in [0.29, 0.717) is 12.5 Å². The van der Waals surface area contributed by atoms with E-state index in [4.69, 9.17) is 0 Å². The maximum absolute atomic E-state index is 12.8. The van der Waals surface area contributed by atoms with Crippen LogP contribution in [0, 0.1) is 11.8 Å². The molecule has 1 N–H and O–H groups in total. The van der Waals surface area contributed by atoms with Crippen molar-refractivity contribution in [3.8, 4) is 0 Å². The van der Waals surface area contributed by atoms with Gasteiger partial charge in [0.05, 0.1) is 6.54 Å². The summed E-state index contributed by atoms with van der Waals surface area (Å²) in [5, 5.41) is 4.93. The van der Waals surface area contributed by atoms with Crippen molar-refractivity contribution < 1.29 is 9.59 Å². The summed E-state index contributed by atoms with van der Waals surface area (Å²) in [7, 11) is 0. The molecule has 1 aliphatic heterocycles. The van der Waals surface area contributed by atoms with Crippen LogP contribution in [0.5, 0.6) is 0 Å². The number of halogens is 1. The second-order valence-electron chi connectivity index (χ2n) is 6.21. The third-order valence-corrected chi connectivity index (χ3v) is 5.82. The number of hydrogen-bond acceptors (Lipinski definition) is 3. The van der Waals surface area contributed by atoms with Crippen molar-refractivity contribution in [1.82, 2.24) is 10.2 Å². The molecule has 0 spiro atoms. The maximum Gasteiger partial charge on any atom is 0.246 e. The summed E-state index contributed by atoms with van der Waals surface area (Å²) in [6, 6.07) is 1.35. The quantitative estimate of drug-likeness (QED) is 0.885. The van der Waals surface area contributed by atoms with Crippen LogP contribution in [0.15, 0.2) is 15.9 Å². The fourth-order valence-corrected chi connectivity index (χ4v) is 4.32. The van der Waals surface area contributed by atoms with Gasteiger partial charge in [0.15, 0.2) is 0 Å². The molecule has 6 heteroatoms. The van der Waals surface area contributed by atoms with E-state index in [1.54, 1.807) is 16.2 Å². The van der Waals surface area contributed by atoms with E-state index in [1.165, 1.54) is 0 Å². The zero-order valence-electron chi connectivity index (χ0n) is 12.1. The van der Waals surface area contributed by atoms with Gasteiger partial charge in [0.25, 0.3) is 0 Å². The smallest absolute Gasteiger partial charge is 0.246 e. The lowest BCUT2D eigenvalue weighted by molar-refractivity contribution is -0.152. The lowest BCUT2D eigenvalue weighted by Crippen LogP contribution is -2.64. The van der Waals surface area contributed by atoms with E-state index in [1.807, 2.05) is 25.3 Å². The molecule has 2 unspecified atom stereocenters. The van der Waals surface area contributed by atoms with E-state index in [-0.39, 0.29) is 23.8 Å². The van der Waals surface area contributed by atoms with Crippen molar-refractivity contribution in [2.75, 3.05) is 0 Å². The van der Waals surface area contributed by atoms with Crippen LogP contribution in [0.1, 0.15) is 31.6 Å². The molecule has 1 aromatic rings. The van der Waals surface area contributed by atoms with Crippen LogP contribution in [-0.4, -0.2) is 28.8 Å². The first-order valence-corrected chi connectivity index (χ1v) is 8.98. The lowest BCUT2D eigenvalue weighted by atomic mass is 9.96. The molecule has 2 atom stereocenters. The van der Waals surface area contributed by atoms with Crippen molar-refractivity contribution in [1.29, 1.82) is 0 Å². The largest absolute Gasteiger partial charge is 0.342 e. The highest BCUT2D eigenvalue weighted by Crippen LogP contribution is 2.38. The van der Waals surface area contributed by atoms with Gasteiger partial charge in [-0.3, -0.25) is 9.59 Å². The standard InChI is InChI=1S/C15H19BrN2O2S/c1-8(2)12-15(20)18(6-11-5-10(16)7-21-11)13(9-3-4-9)14(19)17-12/h5,7-9,12-13H,3-4,6H2,1-2H3,(H,17,19). The predicted molar refractivity (Wildman–Crippen MR) is 85.8 cm³/mol. The second kappa shape index (κ2) is 5.72. The van der Waals surface area contributed by atoms with E-state index in [0.717, 1.165) is 22.2 Å². The number of carbonyl (C=O) groups is 2. The molecule has 1 saturated heterocycles. The summed E-state index contributed by atoms with van der Waals surface area (Å²) >= 11 is 5.06. The Labute approximate surface area is 137 Å². The molecule has 2 aliphatic rings. The number of carbonyl (C=O) groups excluding carboxylic acids is 2. The molecule has 2 amide bonds. The van der Waals surface area contributed by atoms with Crippen LogP contribution in [0.4, 0.5) is 0 Å². The first-order chi connectivity index (χ1) is 9.97. The number of thiophene rings is 1. The fraction of sp³-hybridized carbons (Fsp3) is 0.600. The summed E-state index contributed by atoms with van der Waals surface area (Å²) in [5.41, 5.74) is 0. The summed E-state index contributed by atoms with van der Waals surface area (Å²) in [6.07, 6.45) is 2.09. The Morgan fingerprint density at radius 3 is 2.67 bits per heavy atom. The molecule has 2 heterocycles. The number of rotatable bonds is 4. The Bertz CT molecular complexity index is 568. The second-order valence-corrected chi connectivity index (χ2v) is 8.12. The molecule has 0 radical (unpaired) electrons. The Morgan fingerprint density at radius 1 is 1.43 bits per heavy atom. The van der Waals surface area contributed by atoms with Crippen molar-refractivity contribution in [3.63, 3.8) is 0 Å². The average molecular weight is 371 g/mol. The number of piperazine rings is 1. The minimum atomic E-state index is -0.393. The zero-order valence-corrected chi connectivity index (χ0v) is 14.5. The highest BCUT2D eigenvalue weighted by molar-refractivity contribution is 9.10. The highest BCUT2D eigenvalue weighted by Gasteiger charge is 2.48. The average Bonchev–Trinajstić information content (AvgIpc) is 3.16. The molecule has 0 aromatic carbocycles. The van der Waals surface area contributed by atoms with Gasteiger partial charge >= 0.3 is 0 Å². The van der Waals surface area contributed by atoms with Crippen LogP contribution in [0.25, 0.3) is 0 Å². The minimum Gasteiger partial charge on any atom is -0.342 e. The van der Waals surface area contributed by atoms with E-state index in [9.17, 15) is 9.59 Å². The molecule has 3 rings (SSSR count). The maximum atomic E-state index is 12.8. The van der Waals surface area contributed by atoms with Gasteiger partial charge in [-0.2, -0.15) is 0 Å². The van der Waals surface area contributed by atoms with Gasteiger partial charge in [-0.25, -0.2) is 0 Å². The fourth-order valence-electron chi connectivity index (χ4n) is 2.87. The normalized spacial score (nSPS) is 26.4. The van der Waals surface area contributed by atoms with Crippen LogP contribution in [0.2, 0.25) is 0 Å².